The van der Waals surface area contributed by atoms with Gasteiger partial charge in [0.05, 0.1) is 43.9 Å². The maximum absolute atomic E-state index is 14.3. The van der Waals surface area contributed by atoms with Crippen LogP contribution in [0.4, 0.5) is 5.69 Å². The van der Waals surface area contributed by atoms with Gasteiger partial charge in [-0.2, -0.15) is 0 Å². The number of hydrogen-bond donors (Lipinski definition) is 14. The summed E-state index contributed by atoms with van der Waals surface area (Å²) in [6, 6.07) is 14.0. The molecule has 0 bridgehead atoms. The van der Waals surface area contributed by atoms with Gasteiger partial charge in [0.15, 0.2) is 12.6 Å². The fourth-order valence-corrected chi connectivity index (χ4v) is 14.1. The van der Waals surface area contributed by atoms with E-state index >= 15 is 0 Å². The number of phosphoric acid groups is 1. The minimum Gasteiger partial charge on any atom is -0.394 e. The standard InChI is InChI=1S/C71H110N9O23P/c72-56(84)32-29-46(68(94)74-36-16-1-4-19-39-98-70-66(92)64(90)62(88)54(44-81)101-70)42-48(83)30-31-52(69(95)75-37-17-2-5-20-40-99-71-67(93)65(91)63(89)55(45-82)102-71)76-58(86)28-8-7-18-38-80-61-51-26-13-14-27-53(51)79(43-47-22-9-12-25-50(47)60(61)77-78-80)59(87)34-33-57(85)73-35-15-3-6-21-41-100-104(96,97)103-49-23-10-11-24-49/h9,12-14,22,25-27,46,49,52,54-55,62-67,70-71,81-82,88-93H,1-8,10-11,15-21,23-24,28-45H2,(H2,72,84)(H,73,85)(H,74,94)(H,75,95)(H,76,86)(H,96,97)/t46?,52?,54-,55-,62-,63-,64?,65?,66?,67?,70+,71+/m1/s1. The van der Waals surface area contributed by atoms with Crippen molar-refractivity contribution in [3.63, 3.8) is 0 Å². The Labute approximate surface area is 606 Å². The van der Waals surface area contributed by atoms with Gasteiger partial charge in [0.2, 0.25) is 35.4 Å². The van der Waals surface area contributed by atoms with Gasteiger partial charge < -0.3 is 96.6 Å². The Hall–Kier alpha value is -6.30. The quantitative estimate of drug-likeness (QED) is 0.0285. The number of anilines is 1. The molecule has 4 heterocycles. The zero-order valence-electron chi connectivity index (χ0n) is 59.3. The van der Waals surface area contributed by atoms with Crippen molar-refractivity contribution in [1.82, 2.24) is 36.3 Å². The van der Waals surface area contributed by atoms with E-state index in [4.69, 9.17) is 33.7 Å². The summed E-state index contributed by atoms with van der Waals surface area (Å²) < 4.78 is 46.4. The molecule has 13 atom stereocenters. The number of ketones is 1. The predicted molar refractivity (Wildman–Crippen MR) is 375 cm³/mol. The van der Waals surface area contributed by atoms with E-state index in [2.05, 4.69) is 31.6 Å². The number of carbonyl (C=O) groups is 7. The number of primary amides is 1. The lowest BCUT2D eigenvalue weighted by Crippen LogP contribution is -2.59. The number of nitrogens with one attached hydrogen (secondary N) is 4. The van der Waals surface area contributed by atoms with Crippen LogP contribution < -0.4 is 31.9 Å². The third-order valence-corrected chi connectivity index (χ3v) is 20.2. The molecule has 4 aliphatic rings. The van der Waals surface area contributed by atoms with E-state index in [1.54, 1.807) is 9.58 Å². The summed E-state index contributed by atoms with van der Waals surface area (Å²) in [6.45, 7) is 0.653. The number of aromatic nitrogens is 3. The Morgan fingerprint density at radius 3 is 1.77 bits per heavy atom. The average molecular weight is 1490 g/mol. The molecule has 33 heteroatoms. The minimum atomic E-state index is -4.09. The van der Waals surface area contributed by atoms with Gasteiger partial charge in [-0.05, 0) is 88.7 Å². The number of rotatable bonds is 48. The molecule has 582 valence electrons. The summed E-state index contributed by atoms with van der Waals surface area (Å²) in [6.07, 6.45) is -2.62. The molecule has 1 saturated carbocycles. The summed E-state index contributed by atoms with van der Waals surface area (Å²) in [5, 5.41) is 100. The van der Waals surface area contributed by atoms with E-state index in [-0.39, 0.29) is 115 Å². The van der Waals surface area contributed by atoms with Crippen molar-refractivity contribution in [2.45, 2.75) is 260 Å². The van der Waals surface area contributed by atoms with E-state index in [9.17, 15) is 83.9 Å². The number of hydrogen-bond acceptors (Lipinski definition) is 24. The Morgan fingerprint density at radius 1 is 0.596 bits per heavy atom. The first kappa shape index (κ1) is 85.0. The molecule has 7 unspecified atom stereocenters. The molecule has 3 aromatic rings. The van der Waals surface area contributed by atoms with Crippen LogP contribution in [0.1, 0.15) is 179 Å². The molecule has 3 fully saturated rings. The third-order valence-electron chi connectivity index (χ3n) is 19.1. The SMILES string of the molecule is NC(=O)CCC(CC(=O)CCC(NC(=O)CCCCCn1nnc2c1-c1ccccc1N(C(=O)CCC(=O)NCCCCCCOP(=O)(O)OC1CCCC1)Cc1ccccc1-2)C(=O)NCCCCCCO[C@H]1O[C@H](CO)[C@@H](O)C(O)C1O)C(=O)NCCCCCCO[C@H]1O[C@H](CO)[C@@H](O)C(O)C1O. The van der Waals surface area contributed by atoms with Crippen LogP contribution in [-0.2, 0) is 79.2 Å². The second-order valence-corrected chi connectivity index (χ2v) is 28.6. The van der Waals surface area contributed by atoms with Crippen molar-refractivity contribution in [2.24, 2.45) is 11.7 Å². The van der Waals surface area contributed by atoms with Crippen molar-refractivity contribution >= 4 is 54.7 Å². The topological polar surface area (TPSA) is 482 Å². The summed E-state index contributed by atoms with van der Waals surface area (Å²) in [5.41, 5.74) is 9.72. The van der Waals surface area contributed by atoms with Crippen molar-refractivity contribution in [1.29, 1.82) is 0 Å². The van der Waals surface area contributed by atoms with Gasteiger partial charge in [-0.25, -0.2) is 9.25 Å². The highest BCUT2D eigenvalue weighted by atomic mass is 31.2. The summed E-state index contributed by atoms with van der Waals surface area (Å²) in [7, 11) is -4.09. The van der Waals surface area contributed by atoms with Gasteiger partial charge in [-0.3, -0.25) is 42.6 Å². The van der Waals surface area contributed by atoms with Crippen LogP contribution in [0.25, 0.3) is 22.5 Å². The van der Waals surface area contributed by atoms with Crippen LogP contribution in [0, 0.1) is 5.92 Å². The van der Waals surface area contributed by atoms with Crippen LogP contribution in [0.15, 0.2) is 48.5 Å². The van der Waals surface area contributed by atoms with Gasteiger partial charge in [-0.15, -0.1) is 5.10 Å². The number of para-hydroxylation sites is 1. The largest absolute Gasteiger partial charge is 0.472 e. The van der Waals surface area contributed by atoms with Crippen LogP contribution >= 0.6 is 7.82 Å². The third kappa shape index (κ3) is 27.2. The first-order valence-corrected chi connectivity index (χ1v) is 38.4. The van der Waals surface area contributed by atoms with Crippen molar-refractivity contribution < 1.29 is 112 Å². The molecule has 0 radical (unpaired) electrons. The molecule has 32 nitrogen and oxygen atoms in total. The number of benzene rings is 2. The molecule has 2 saturated heterocycles. The number of unbranched alkanes of at least 4 members (excludes halogenated alkanes) is 11. The highest BCUT2D eigenvalue weighted by molar-refractivity contribution is 7.47. The van der Waals surface area contributed by atoms with E-state index < -0.39 is 118 Å². The second-order valence-electron chi connectivity index (χ2n) is 27.2. The van der Waals surface area contributed by atoms with E-state index in [0.29, 0.717) is 119 Å². The first-order valence-electron chi connectivity index (χ1n) is 36.9. The molecule has 1 aromatic heterocycles. The highest BCUT2D eigenvalue weighted by Gasteiger charge is 2.45. The maximum atomic E-state index is 14.3. The summed E-state index contributed by atoms with van der Waals surface area (Å²) in [4.78, 5) is 106. The lowest BCUT2D eigenvalue weighted by atomic mass is 9.93. The number of fused-ring (bicyclic) bond motifs is 5. The fraction of sp³-hybridized carbons (Fsp3) is 0.704. The molecule has 2 aromatic carbocycles. The van der Waals surface area contributed by atoms with Gasteiger partial charge in [-0.1, -0.05) is 105 Å². The Kier molecular flexibility index (Phi) is 36.5. The number of aliphatic hydroxyl groups excluding tert-OH is 8. The predicted octanol–water partition coefficient (Wildman–Crippen LogP) is 2.64. The number of nitrogens with zero attached hydrogens (tertiary/aromatic N) is 4. The number of aryl methyl sites for hydroxylation is 1. The number of phosphoric ester groups is 1. The van der Waals surface area contributed by atoms with Crippen LogP contribution in [0.5, 0.6) is 0 Å². The number of amides is 6. The van der Waals surface area contributed by atoms with Crippen LogP contribution in [0.2, 0.25) is 0 Å². The van der Waals surface area contributed by atoms with E-state index in [0.717, 1.165) is 49.7 Å². The molecule has 104 heavy (non-hydrogen) atoms. The number of nitrogens with two attached hydrogens (primary N) is 1. The van der Waals surface area contributed by atoms with Gasteiger partial charge >= 0.3 is 7.82 Å². The molecule has 3 aliphatic heterocycles. The molecule has 1 aliphatic carbocycles. The monoisotopic (exact) mass is 1490 g/mol. The lowest BCUT2D eigenvalue weighted by molar-refractivity contribution is -0.301. The zero-order valence-corrected chi connectivity index (χ0v) is 60.2. The van der Waals surface area contributed by atoms with E-state index in [1.165, 1.54) is 0 Å². The molecule has 6 amide bonds. The van der Waals surface area contributed by atoms with Gasteiger partial charge in [0.1, 0.15) is 66.4 Å². The molecular formula is C71H110N9O23P. The van der Waals surface area contributed by atoms with Crippen molar-refractivity contribution in [3.8, 4) is 22.5 Å². The maximum Gasteiger partial charge on any atom is 0.472 e. The van der Waals surface area contributed by atoms with Gasteiger partial charge in [0, 0.05) is 95.0 Å². The van der Waals surface area contributed by atoms with Crippen molar-refractivity contribution in [3.05, 3.63) is 54.1 Å². The van der Waals surface area contributed by atoms with Crippen molar-refractivity contribution in [2.75, 3.05) is 57.6 Å². The summed E-state index contributed by atoms with van der Waals surface area (Å²) in [5.74, 6) is -3.91. The highest BCUT2D eigenvalue weighted by Crippen LogP contribution is 2.47. The molecule has 15 N–H and O–H groups in total. The van der Waals surface area contributed by atoms with Crippen LogP contribution in [0.3, 0.4) is 0 Å². The molecular weight excluding hydrogens is 1380 g/mol. The number of aliphatic hydroxyl groups is 8. The summed E-state index contributed by atoms with van der Waals surface area (Å²) >= 11 is 0. The fourth-order valence-electron chi connectivity index (χ4n) is 13.1. The minimum absolute atomic E-state index is 0.00704. The van der Waals surface area contributed by atoms with Gasteiger partial charge in [0.25, 0.3) is 0 Å². The lowest BCUT2D eigenvalue weighted by Gasteiger charge is -2.39. The second kappa shape index (κ2) is 44.7. The number of carbonyl (C=O) groups excluding carboxylic acids is 7. The smallest absolute Gasteiger partial charge is 0.394 e. The zero-order chi connectivity index (χ0) is 75.0. The Morgan fingerprint density at radius 2 is 1.15 bits per heavy atom. The Bertz CT molecular complexity index is 3210. The normalized spacial score (nSPS) is 22.9. The first-order chi connectivity index (χ1) is 50.1. The van der Waals surface area contributed by atoms with E-state index in [1.807, 2.05) is 48.5 Å². The number of ether oxygens (including phenoxy) is 4. The average Bonchev–Trinajstić information content (AvgIpc) is 1.57. The number of Topliss-reactive ketones (excluding diaryl/α,β-unsaturated/α-hetero) is 1. The molecule has 0 spiro atoms. The van der Waals surface area contributed by atoms with Crippen LogP contribution in [-0.4, -0.2) is 228 Å². The Balaban J connectivity index is 0.886. The molecule has 7 rings (SSSR count).